The lowest BCUT2D eigenvalue weighted by atomic mass is 9.97. The van der Waals surface area contributed by atoms with E-state index < -0.39 is 0 Å². The number of ketones is 1. The number of hydrogen-bond donors (Lipinski definition) is 1. The topological polar surface area (TPSA) is 29.1 Å². The quantitative estimate of drug-likeness (QED) is 0.463. The molecule has 2 heteroatoms. The molecule has 1 N–H and O–H groups in total. The summed E-state index contributed by atoms with van der Waals surface area (Å²) in [7, 11) is 0. The van der Waals surface area contributed by atoms with Gasteiger partial charge in [-0.1, -0.05) is 42.8 Å². The molecule has 0 atom stereocenters. The van der Waals surface area contributed by atoms with Gasteiger partial charge in [0, 0.05) is 5.56 Å². The van der Waals surface area contributed by atoms with Crippen LogP contribution in [-0.4, -0.2) is 18.9 Å². The second-order valence-corrected chi connectivity index (χ2v) is 5.51. The number of benzene rings is 1. The lowest BCUT2D eigenvalue weighted by molar-refractivity contribution is 0.0991. The molecule has 2 rings (SSSR count). The third-order valence-corrected chi connectivity index (χ3v) is 3.98. The monoisotopic (exact) mass is 271 g/mol. The van der Waals surface area contributed by atoms with Gasteiger partial charge in [-0.25, -0.2) is 0 Å². The van der Waals surface area contributed by atoms with Crippen LogP contribution in [0.1, 0.15) is 54.9 Å². The first-order valence-corrected chi connectivity index (χ1v) is 7.80. The number of carbonyl (C=O) groups is 1. The Morgan fingerprint density at radius 3 is 2.65 bits per heavy atom. The highest BCUT2D eigenvalue weighted by Gasteiger charge is 2.06. The molecule has 108 valence electrons. The molecule has 0 aromatic heterocycles. The van der Waals surface area contributed by atoms with E-state index in [2.05, 4.69) is 18.3 Å². The molecule has 1 aliphatic rings. The summed E-state index contributed by atoms with van der Waals surface area (Å²) in [5.74, 6) is 0.185. The lowest BCUT2D eigenvalue weighted by Crippen LogP contribution is -2.24. The zero-order chi connectivity index (χ0) is 14.2. The summed E-state index contributed by atoms with van der Waals surface area (Å²) in [5.41, 5.74) is 3.65. The number of allylic oxidation sites excluding steroid dienone is 1. The van der Waals surface area contributed by atoms with Gasteiger partial charge in [-0.15, -0.1) is 0 Å². The third kappa shape index (κ3) is 4.61. The SMILES string of the molecule is CCc1ccc(C(=O)CNCCC2=CCCCC2)cc1. The smallest absolute Gasteiger partial charge is 0.176 e. The van der Waals surface area contributed by atoms with Crippen molar-refractivity contribution in [3.63, 3.8) is 0 Å². The van der Waals surface area contributed by atoms with Crippen molar-refractivity contribution in [1.29, 1.82) is 0 Å². The fourth-order valence-corrected chi connectivity index (χ4v) is 2.61. The number of rotatable bonds is 7. The molecule has 0 unspecified atom stereocenters. The molecule has 1 aromatic rings. The number of nitrogens with one attached hydrogen (secondary N) is 1. The van der Waals surface area contributed by atoms with E-state index in [1.165, 1.54) is 31.2 Å². The molecular weight excluding hydrogens is 246 g/mol. The Balaban J connectivity index is 1.70. The summed E-state index contributed by atoms with van der Waals surface area (Å²) >= 11 is 0. The number of aryl methyl sites for hydroxylation is 1. The molecular formula is C18H25NO. The van der Waals surface area contributed by atoms with E-state index in [9.17, 15) is 4.79 Å². The van der Waals surface area contributed by atoms with Crippen LogP contribution in [0.15, 0.2) is 35.9 Å². The Hall–Kier alpha value is -1.41. The van der Waals surface area contributed by atoms with Crippen molar-refractivity contribution in [3.05, 3.63) is 47.0 Å². The zero-order valence-electron chi connectivity index (χ0n) is 12.5. The van der Waals surface area contributed by atoms with Gasteiger partial charge in [0.1, 0.15) is 0 Å². The standard InChI is InChI=1S/C18H25NO/c1-2-15-8-10-17(11-9-15)18(20)14-19-13-12-16-6-4-3-5-7-16/h6,8-11,19H,2-5,7,12-14H2,1H3. The van der Waals surface area contributed by atoms with E-state index in [1.807, 2.05) is 24.3 Å². The van der Waals surface area contributed by atoms with Crippen LogP contribution in [0.4, 0.5) is 0 Å². The van der Waals surface area contributed by atoms with Crippen LogP contribution >= 0.6 is 0 Å². The molecule has 2 nitrogen and oxygen atoms in total. The van der Waals surface area contributed by atoms with Gasteiger partial charge in [-0.2, -0.15) is 0 Å². The number of carbonyl (C=O) groups excluding carboxylic acids is 1. The molecule has 1 aromatic carbocycles. The molecule has 20 heavy (non-hydrogen) atoms. The maximum Gasteiger partial charge on any atom is 0.176 e. The van der Waals surface area contributed by atoms with E-state index in [0.29, 0.717) is 6.54 Å². The minimum Gasteiger partial charge on any atom is -0.309 e. The predicted molar refractivity (Wildman–Crippen MR) is 84.2 cm³/mol. The van der Waals surface area contributed by atoms with Gasteiger partial charge in [-0.3, -0.25) is 4.79 Å². The van der Waals surface area contributed by atoms with Crippen LogP contribution in [0, 0.1) is 0 Å². The molecule has 0 bridgehead atoms. The molecule has 1 aliphatic carbocycles. The molecule has 0 heterocycles. The Morgan fingerprint density at radius 2 is 2.00 bits per heavy atom. The van der Waals surface area contributed by atoms with Crippen LogP contribution in [-0.2, 0) is 6.42 Å². The van der Waals surface area contributed by atoms with Crippen LogP contribution in [0.3, 0.4) is 0 Å². The average Bonchev–Trinajstić information content (AvgIpc) is 2.52. The summed E-state index contributed by atoms with van der Waals surface area (Å²) in [6.45, 7) is 3.47. The van der Waals surface area contributed by atoms with Gasteiger partial charge in [0.2, 0.25) is 0 Å². The maximum atomic E-state index is 12.0. The van der Waals surface area contributed by atoms with Crippen LogP contribution < -0.4 is 5.32 Å². The van der Waals surface area contributed by atoms with Crippen LogP contribution in [0.25, 0.3) is 0 Å². The van der Waals surface area contributed by atoms with Crippen molar-refractivity contribution < 1.29 is 4.79 Å². The molecule has 0 radical (unpaired) electrons. The van der Waals surface area contributed by atoms with E-state index in [4.69, 9.17) is 0 Å². The van der Waals surface area contributed by atoms with Crippen molar-refractivity contribution in [1.82, 2.24) is 5.32 Å². The molecule has 0 aliphatic heterocycles. The normalized spacial score (nSPS) is 14.9. The Kier molecular flexibility index (Phi) is 6.00. The van der Waals surface area contributed by atoms with Gasteiger partial charge in [0.25, 0.3) is 0 Å². The third-order valence-electron chi connectivity index (χ3n) is 3.98. The van der Waals surface area contributed by atoms with Crippen molar-refractivity contribution in [2.24, 2.45) is 0 Å². The Bertz CT molecular complexity index is 459. The first-order chi connectivity index (χ1) is 9.79. The van der Waals surface area contributed by atoms with E-state index >= 15 is 0 Å². The van der Waals surface area contributed by atoms with Gasteiger partial charge in [0.05, 0.1) is 6.54 Å². The highest BCUT2D eigenvalue weighted by atomic mass is 16.1. The molecule has 0 spiro atoms. The van der Waals surface area contributed by atoms with Crippen molar-refractivity contribution in [2.45, 2.75) is 45.4 Å². The highest BCUT2D eigenvalue weighted by molar-refractivity contribution is 5.97. The summed E-state index contributed by atoms with van der Waals surface area (Å²) in [5, 5.41) is 3.27. The molecule has 0 saturated heterocycles. The zero-order valence-corrected chi connectivity index (χ0v) is 12.5. The summed E-state index contributed by atoms with van der Waals surface area (Å²) in [6.07, 6.45) is 9.62. The summed E-state index contributed by atoms with van der Waals surface area (Å²) < 4.78 is 0. The van der Waals surface area contributed by atoms with E-state index in [1.54, 1.807) is 5.57 Å². The van der Waals surface area contributed by atoms with E-state index in [0.717, 1.165) is 24.9 Å². The van der Waals surface area contributed by atoms with Crippen LogP contribution in [0.5, 0.6) is 0 Å². The second-order valence-electron chi connectivity index (χ2n) is 5.51. The van der Waals surface area contributed by atoms with Crippen molar-refractivity contribution >= 4 is 5.78 Å². The fraction of sp³-hybridized carbons (Fsp3) is 0.500. The number of hydrogen-bond acceptors (Lipinski definition) is 2. The average molecular weight is 271 g/mol. The minimum atomic E-state index is 0.185. The van der Waals surface area contributed by atoms with Crippen molar-refractivity contribution in [3.8, 4) is 0 Å². The summed E-state index contributed by atoms with van der Waals surface area (Å²) in [4.78, 5) is 12.0. The lowest BCUT2D eigenvalue weighted by Gasteiger charge is -2.12. The van der Waals surface area contributed by atoms with Gasteiger partial charge in [0.15, 0.2) is 5.78 Å². The fourth-order valence-electron chi connectivity index (χ4n) is 2.61. The van der Waals surface area contributed by atoms with Gasteiger partial charge < -0.3 is 5.32 Å². The molecule has 0 fully saturated rings. The first-order valence-electron chi connectivity index (χ1n) is 7.80. The van der Waals surface area contributed by atoms with Crippen LogP contribution in [0.2, 0.25) is 0 Å². The maximum absolute atomic E-state index is 12.0. The van der Waals surface area contributed by atoms with Crippen molar-refractivity contribution in [2.75, 3.05) is 13.1 Å². The van der Waals surface area contributed by atoms with E-state index in [-0.39, 0.29) is 5.78 Å². The Labute approximate surface area is 122 Å². The number of Topliss-reactive ketones (excluding diaryl/α,β-unsaturated/α-hetero) is 1. The van der Waals surface area contributed by atoms with Gasteiger partial charge >= 0.3 is 0 Å². The first kappa shape index (κ1) is 15.0. The predicted octanol–water partition coefficient (Wildman–Crippen LogP) is 3.91. The van der Waals surface area contributed by atoms with Gasteiger partial charge in [-0.05, 0) is 50.6 Å². The minimum absolute atomic E-state index is 0.185. The summed E-state index contributed by atoms with van der Waals surface area (Å²) in [6, 6.07) is 7.96. The highest BCUT2D eigenvalue weighted by Crippen LogP contribution is 2.19. The largest absolute Gasteiger partial charge is 0.309 e. The second kappa shape index (κ2) is 8.01. The Morgan fingerprint density at radius 1 is 1.20 bits per heavy atom. The molecule has 0 amide bonds. The molecule has 0 saturated carbocycles.